The van der Waals surface area contributed by atoms with Crippen LogP contribution in [-0.4, -0.2) is 24.1 Å². The zero-order valence-corrected chi connectivity index (χ0v) is 12.5. The van der Waals surface area contributed by atoms with Gasteiger partial charge in [-0.1, -0.05) is 11.6 Å². The number of aromatic nitrogens is 1. The highest BCUT2D eigenvalue weighted by Crippen LogP contribution is 2.25. The van der Waals surface area contributed by atoms with Crippen LogP contribution in [-0.2, 0) is 9.53 Å². The quantitative estimate of drug-likeness (QED) is 0.680. The smallest absolute Gasteiger partial charge is 0.313 e. The molecule has 0 amide bonds. The predicted molar refractivity (Wildman–Crippen MR) is 86.6 cm³/mol. The summed E-state index contributed by atoms with van der Waals surface area (Å²) in [7, 11) is 0. The number of pyridine rings is 1. The summed E-state index contributed by atoms with van der Waals surface area (Å²) >= 11 is 5.96. The number of anilines is 1. The van der Waals surface area contributed by atoms with Gasteiger partial charge in [0.05, 0.1) is 11.4 Å². The molecule has 1 aromatic carbocycles. The third-order valence-corrected chi connectivity index (χ3v) is 3.49. The Morgan fingerprint density at radius 1 is 1.23 bits per heavy atom. The molecule has 3 rings (SSSR count). The maximum absolute atomic E-state index is 11.7. The maximum atomic E-state index is 11.7. The summed E-state index contributed by atoms with van der Waals surface area (Å²) in [5, 5.41) is 4.88. The summed E-state index contributed by atoms with van der Waals surface area (Å²) in [4.78, 5) is 16.0. The first kappa shape index (κ1) is 15.1. The van der Waals surface area contributed by atoms with Crippen LogP contribution in [0.2, 0.25) is 5.02 Å². The molecule has 2 aromatic rings. The fraction of sp³-hybridized carbons (Fsp3) is 0.118. The van der Waals surface area contributed by atoms with E-state index < -0.39 is 0 Å². The molecule has 0 aliphatic heterocycles. The van der Waals surface area contributed by atoms with E-state index in [9.17, 15) is 4.79 Å². The minimum atomic E-state index is -0.307. The first-order chi connectivity index (χ1) is 10.7. The van der Waals surface area contributed by atoms with Crippen LogP contribution in [0.25, 0.3) is 10.9 Å². The molecule has 0 atom stereocenters. The fourth-order valence-corrected chi connectivity index (χ4v) is 2.36. The van der Waals surface area contributed by atoms with Crippen LogP contribution in [0.15, 0.2) is 30.5 Å². The first-order valence-electron chi connectivity index (χ1n) is 6.91. The van der Waals surface area contributed by atoms with Gasteiger partial charge in [-0.25, -0.2) is 0 Å². The van der Waals surface area contributed by atoms with E-state index >= 15 is 0 Å². The number of fused-ring (bicyclic) bond motifs is 1. The number of hydrogen-bond donors (Lipinski definition) is 1. The third kappa shape index (κ3) is 3.50. The number of nitrogens with one attached hydrogen (secondary N) is 1. The average Bonchev–Trinajstić information content (AvgIpc) is 3.05. The Hall–Kier alpha value is -1.81. The monoisotopic (exact) mass is 313 g/mol. The lowest BCUT2D eigenvalue weighted by molar-refractivity contribution is -0.140. The second-order valence-electron chi connectivity index (χ2n) is 4.76. The van der Waals surface area contributed by atoms with Crippen molar-refractivity contribution in [1.29, 1.82) is 0 Å². The van der Waals surface area contributed by atoms with Gasteiger partial charge in [0.2, 0.25) is 0 Å². The van der Waals surface area contributed by atoms with Gasteiger partial charge in [-0.2, -0.15) is 0 Å². The standard InChI is InChI=1S/C17H14ClN2O2/c18-13-5-6-14-15(7-8-19-16(14)11-13)20-9-10-22-17(21)12-3-1-2-4-12/h1-8,11H,9-10H2,(H,19,20). The van der Waals surface area contributed by atoms with E-state index in [0.29, 0.717) is 24.1 Å². The molecule has 4 nitrogen and oxygen atoms in total. The van der Waals surface area contributed by atoms with E-state index in [0.717, 1.165) is 16.6 Å². The lowest BCUT2D eigenvalue weighted by atomic mass is 10.1. The summed E-state index contributed by atoms with van der Waals surface area (Å²) < 4.78 is 5.20. The molecular weight excluding hydrogens is 300 g/mol. The van der Waals surface area contributed by atoms with E-state index in [4.69, 9.17) is 16.3 Å². The van der Waals surface area contributed by atoms with Crippen molar-refractivity contribution in [2.45, 2.75) is 0 Å². The molecule has 111 valence electrons. The van der Waals surface area contributed by atoms with Crippen LogP contribution in [0.3, 0.4) is 0 Å². The van der Waals surface area contributed by atoms with E-state index in [1.54, 1.807) is 19.0 Å². The summed E-state index contributed by atoms with van der Waals surface area (Å²) in [6.07, 6.45) is 8.80. The number of nitrogens with zero attached hydrogens (tertiary/aromatic N) is 1. The lowest BCUT2D eigenvalue weighted by Crippen LogP contribution is -2.18. The Labute approximate surface area is 134 Å². The molecule has 1 saturated carbocycles. The summed E-state index contributed by atoms with van der Waals surface area (Å²) in [6.45, 7) is 0.815. The Morgan fingerprint density at radius 3 is 2.86 bits per heavy atom. The second kappa shape index (κ2) is 6.97. The van der Waals surface area contributed by atoms with Crippen LogP contribution in [0.5, 0.6) is 0 Å². The Morgan fingerprint density at radius 2 is 2.05 bits per heavy atom. The van der Waals surface area contributed by atoms with Gasteiger partial charge >= 0.3 is 5.97 Å². The van der Waals surface area contributed by atoms with Crippen molar-refractivity contribution in [3.8, 4) is 0 Å². The molecule has 5 radical (unpaired) electrons. The number of carbonyl (C=O) groups is 1. The molecule has 1 heterocycles. The molecule has 1 aromatic heterocycles. The SMILES string of the molecule is O=C(OCCNc1ccnc2cc(Cl)ccc12)[C]1[CH][CH][CH][CH]1. The average molecular weight is 314 g/mol. The van der Waals surface area contributed by atoms with E-state index in [1.165, 1.54) is 0 Å². The fourth-order valence-electron chi connectivity index (χ4n) is 2.20. The van der Waals surface area contributed by atoms with Gasteiger partial charge in [0, 0.05) is 28.8 Å². The molecule has 1 N–H and O–H groups in total. The summed E-state index contributed by atoms with van der Waals surface area (Å²) in [6, 6.07) is 7.45. The number of ether oxygens (including phenoxy) is 1. The van der Waals surface area contributed by atoms with Gasteiger partial charge in [-0.3, -0.25) is 9.78 Å². The molecule has 0 saturated heterocycles. The Balaban J connectivity index is 1.54. The largest absolute Gasteiger partial charge is 0.463 e. The van der Waals surface area contributed by atoms with Gasteiger partial charge < -0.3 is 10.1 Å². The third-order valence-electron chi connectivity index (χ3n) is 3.25. The maximum Gasteiger partial charge on any atom is 0.313 e. The van der Waals surface area contributed by atoms with E-state index in [2.05, 4.69) is 10.3 Å². The molecule has 0 spiro atoms. The van der Waals surface area contributed by atoms with Gasteiger partial charge in [-0.15, -0.1) is 0 Å². The highest BCUT2D eigenvalue weighted by Gasteiger charge is 2.25. The van der Waals surface area contributed by atoms with Crippen molar-refractivity contribution in [2.24, 2.45) is 0 Å². The normalized spacial score (nSPS) is 15.1. The molecule has 5 heteroatoms. The number of rotatable bonds is 5. The predicted octanol–water partition coefficient (Wildman–Crippen LogP) is 3.25. The number of carbonyl (C=O) groups excluding carboxylic acids is 1. The summed E-state index contributed by atoms with van der Waals surface area (Å²) in [5.74, 6) is 0.266. The highest BCUT2D eigenvalue weighted by atomic mass is 35.5. The first-order valence-corrected chi connectivity index (χ1v) is 7.29. The minimum absolute atomic E-state index is 0.293. The van der Waals surface area contributed by atoms with Crippen molar-refractivity contribution in [1.82, 2.24) is 4.98 Å². The van der Waals surface area contributed by atoms with E-state index in [1.807, 2.05) is 37.1 Å². The molecule has 1 aliphatic rings. The van der Waals surface area contributed by atoms with Crippen molar-refractivity contribution in [3.05, 3.63) is 67.1 Å². The lowest BCUT2D eigenvalue weighted by Gasteiger charge is -2.11. The highest BCUT2D eigenvalue weighted by molar-refractivity contribution is 6.31. The van der Waals surface area contributed by atoms with Gasteiger partial charge in [0.15, 0.2) is 0 Å². The van der Waals surface area contributed by atoms with E-state index in [-0.39, 0.29) is 5.97 Å². The Kier molecular flexibility index (Phi) is 4.78. The van der Waals surface area contributed by atoms with Gasteiger partial charge in [0.25, 0.3) is 0 Å². The Bertz CT molecular complexity index is 669. The van der Waals surface area contributed by atoms with Crippen LogP contribution >= 0.6 is 11.6 Å². The summed E-state index contributed by atoms with van der Waals surface area (Å²) in [5.41, 5.74) is 1.76. The van der Waals surface area contributed by atoms with Gasteiger partial charge in [-0.05, 0) is 49.9 Å². The molecule has 1 aliphatic carbocycles. The van der Waals surface area contributed by atoms with Gasteiger partial charge in [0.1, 0.15) is 6.61 Å². The van der Waals surface area contributed by atoms with Crippen LogP contribution < -0.4 is 5.32 Å². The molecule has 0 unspecified atom stereocenters. The zero-order valence-electron chi connectivity index (χ0n) is 11.8. The van der Waals surface area contributed by atoms with Crippen LogP contribution in [0.4, 0.5) is 5.69 Å². The van der Waals surface area contributed by atoms with Crippen molar-refractivity contribution < 1.29 is 9.53 Å². The van der Waals surface area contributed by atoms with Crippen LogP contribution in [0, 0.1) is 31.6 Å². The minimum Gasteiger partial charge on any atom is -0.463 e. The second-order valence-corrected chi connectivity index (χ2v) is 5.19. The number of benzene rings is 1. The topological polar surface area (TPSA) is 51.2 Å². The van der Waals surface area contributed by atoms with Crippen molar-refractivity contribution >= 4 is 34.2 Å². The van der Waals surface area contributed by atoms with Crippen molar-refractivity contribution in [2.75, 3.05) is 18.5 Å². The number of hydrogen-bond acceptors (Lipinski definition) is 4. The van der Waals surface area contributed by atoms with Crippen molar-refractivity contribution in [3.63, 3.8) is 0 Å². The molecule has 22 heavy (non-hydrogen) atoms. The molecular formula is C17H14ClN2O2. The zero-order chi connectivity index (χ0) is 15.4. The number of esters is 1. The number of halogens is 1. The molecule has 0 bridgehead atoms. The molecule has 1 fully saturated rings. The van der Waals surface area contributed by atoms with Crippen LogP contribution in [0.1, 0.15) is 0 Å².